The second-order valence-electron chi connectivity index (χ2n) is 7.22. The first-order chi connectivity index (χ1) is 11.0. The van der Waals surface area contributed by atoms with Gasteiger partial charge in [0.2, 0.25) is 5.91 Å². The normalized spacial score (nSPS) is 21.3. The van der Waals surface area contributed by atoms with Crippen LogP contribution in [0.5, 0.6) is 0 Å². The van der Waals surface area contributed by atoms with E-state index in [0.29, 0.717) is 17.9 Å². The van der Waals surface area contributed by atoms with Crippen molar-refractivity contribution in [2.45, 2.75) is 45.7 Å². The molecule has 2 rings (SSSR count). The Labute approximate surface area is 140 Å². The summed E-state index contributed by atoms with van der Waals surface area (Å²) in [6.45, 7) is 9.31. The Kier molecular flexibility index (Phi) is 6.60. The van der Waals surface area contributed by atoms with Crippen LogP contribution >= 0.6 is 0 Å². The van der Waals surface area contributed by atoms with E-state index in [0.717, 1.165) is 32.5 Å². The molecule has 3 atom stereocenters. The molecule has 0 saturated carbocycles. The summed E-state index contributed by atoms with van der Waals surface area (Å²) in [6.07, 6.45) is 1.88. The number of carbonyl (C=O) groups is 1. The lowest BCUT2D eigenvalue weighted by Gasteiger charge is -2.25. The topological polar surface area (TPSA) is 58.4 Å². The molecule has 1 heterocycles. The fraction of sp³-hybridized carbons (Fsp3) is 0.632. The van der Waals surface area contributed by atoms with Crippen LogP contribution in [0.15, 0.2) is 30.3 Å². The van der Waals surface area contributed by atoms with Crippen molar-refractivity contribution in [1.29, 1.82) is 0 Å². The molecule has 1 aliphatic rings. The zero-order valence-corrected chi connectivity index (χ0v) is 14.7. The predicted octanol–water partition coefficient (Wildman–Crippen LogP) is 2.56. The zero-order chi connectivity index (χ0) is 16.8. The van der Waals surface area contributed by atoms with Crippen molar-refractivity contribution in [2.24, 2.45) is 17.6 Å². The minimum atomic E-state index is -0.379. The maximum Gasteiger partial charge on any atom is 0.236 e. The SMILES string of the molecule is CC(C)C[C@H](N)C(=O)NCC1CCN(C(C)c2ccccc2)C1. The summed E-state index contributed by atoms with van der Waals surface area (Å²) in [5, 5.41) is 3.04. The average molecular weight is 317 g/mol. The lowest BCUT2D eigenvalue weighted by molar-refractivity contribution is -0.122. The van der Waals surface area contributed by atoms with Crippen molar-refractivity contribution in [2.75, 3.05) is 19.6 Å². The van der Waals surface area contributed by atoms with E-state index in [1.807, 2.05) is 0 Å². The highest BCUT2D eigenvalue weighted by Gasteiger charge is 2.27. The Morgan fingerprint density at radius 2 is 2.00 bits per heavy atom. The van der Waals surface area contributed by atoms with Crippen LogP contribution in [-0.2, 0) is 4.79 Å². The van der Waals surface area contributed by atoms with Crippen LogP contribution in [0, 0.1) is 11.8 Å². The van der Waals surface area contributed by atoms with Crippen molar-refractivity contribution in [1.82, 2.24) is 10.2 Å². The number of hydrogen-bond donors (Lipinski definition) is 2. The van der Waals surface area contributed by atoms with Crippen LogP contribution in [0.2, 0.25) is 0 Å². The lowest BCUT2D eigenvalue weighted by atomic mass is 10.0. The van der Waals surface area contributed by atoms with Gasteiger partial charge in [-0.3, -0.25) is 9.69 Å². The molecule has 0 aliphatic carbocycles. The summed E-state index contributed by atoms with van der Waals surface area (Å²) < 4.78 is 0. The molecule has 1 amide bonds. The van der Waals surface area contributed by atoms with E-state index >= 15 is 0 Å². The van der Waals surface area contributed by atoms with Crippen LogP contribution in [-0.4, -0.2) is 36.5 Å². The van der Waals surface area contributed by atoms with E-state index in [2.05, 4.69) is 61.3 Å². The molecule has 2 unspecified atom stereocenters. The third kappa shape index (κ3) is 5.33. The third-order valence-corrected chi connectivity index (χ3v) is 4.77. The molecule has 1 saturated heterocycles. The Morgan fingerprint density at radius 3 is 2.65 bits per heavy atom. The van der Waals surface area contributed by atoms with Crippen molar-refractivity contribution in [3.8, 4) is 0 Å². The number of rotatable bonds is 7. The van der Waals surface area contributed by atoms with Gasteiger partial charge in [-0.05, 0) is 43.7 Å². The quantitative estimate of drug-likeness (QED) is 0.812. The lowest BCUT2D eigenvalue weighted by Crippen LogP contribution is -2.43. The number of nitrogens with zero attached hydrogens (tertiary/aromatic N) is 1. The number of amides is 1. The summed E-state index contributed by atoms with van der Waals surface area (Å²) in [6, 6.07) is 10.7. The molecular weight excluding hydrogens is 286 g/mol. The number of benzene rings is 1. The zero-order valence-electron chi connectivity index (χ0n) is 14.7. The van der Waals surface area contributed by atoms with Gasteiger partial charge < -0.3 is 11.1 Å². The van der Waals surface area contributed by atoms with Crippen LogP contribution < -0.4 is 11.1 Å². The van der Waals surface area contributed by atoms with Gasteiger partial charge in [-0.1, -0.05) is 44.2 Å². The van der Waals surface area contributed by atoms with Crippen molar-refractivity contribution >= 4 is 5.91 Å². The maximum absolute atomic E-state index is 12.0. The minimum absolute atomic E-state index is 0.00624. The number of nitrogens with two attached hydrogens (primary N) is 1. The summed E-state index contributed by atoms with van der Waals surface area (Å²) in [5.41, 5.74) is 7.29. The van der Waals surface area contributed by atoms with Gasteiger partial charge in [-0.25, -0.2) is 0 Å². The number of nitrogens with one attached hydrogen (secondary N) is 1. The Balaban J connectivity index is 1.76. The monoisotopic (exact) mass is 317 g/mol. The molecule has 23 heavy (non-hydrogen) atoms. The molecule has 1 aromatic rings. The highest BCUT2D eigenvalue weighted by molar-refractivity contribution is 5.81. The van der Waals surface area contributed by atoms with Gasteiger partial charge in [-0.15, -0.1) is 0 Å². The fourth-order valence-corrected chi connectivity index (χ4v) is 3.31. The molecule has 0 bridgehead atoms. The molecule has 4 nitrogen and oxygen atoms in total. The van der Waals surface area contributed by atoms with Crippen molar-refractivity contribution in [3.05, 3.63) is 35.9 Å². The van der Waals surface area contributed by atoms with Crippen LogP contribution in [0.1, 0.15) is 45.2 Å². The van der Waals surface area contributed by atoms with Gasteiger partial charge in [0.25, 0.3) is 0 Å². The summed E-state index contributed by atoms with van der Waals surface area (Å²) in [5.74, 6) is 0.967. The predicted molar refractivity (Wildman–Crippen MR) is 95.0 cm³/mol. The third-order valence-electron chi connectivity index (χ3n) is 4.77. The van der Waals surface area contributed by atoms with Gasteiger partial charge in [0, 0.05) is 19.1 Å². The van der Waals surface area contributed by atoms with Gasteiger partial charge in [0.15, 0.2) is 0 Å². The Morgan fingerprint density at radius 1 is 1.30 bits per heavy atom. The molecule has 3 N–H and O–H groups in total. The van der Waals surface area contributed by atoms with Crippen LogP contribution in [0.25, 0.3) is 0 Å². The standard InChI is InChI=1S/C19H31N3O/c1-14(2)11-18(20)19(23)21-12-16-9-10-22(13-16)15(3)17-7-5-4-6-8-17/h4-8,14-16,18H,9-13,20H2,1-3H3,(H,21,23)/t15?,16?,18-/m0/s1. The molecule has 128 valence electrons. The van der Waals surface area contributed by atoms with E-state index in [1.54, 1.807) is 0 Å². The van der Waals surface area contributed by atoms with Gasteiger partial charge in [0.1, 0.15) is 0 Å². The Hall–Kier alpha value is -1.39. The molecule has 0 aromatic heterocycles. The minimum Gasteiger partial charge on any atom is -0.354 e. The molecule has 1 aliphatic heterocycles. The van der Waals surface area contributed by atoms with Crippen LogP contribution in [0.4, 0.5) is 0 Å². The summed E-state index contributed by atoms with van der Waals surface area (Å²) >= 11 is 0. The van der Waals surface area contributed by atoms with Gasteiger partial charge in [0.05, 0.1) is 6.04 Å². The molecule has 1 fully saturated rings. The maximum atomic E-state index is 12.0. The van der Waals surface area contributed by atoms with Gasteiger partial charge in [-0.2, -0.15) is 0 Å². The van der Waals surface area contributed by atoms with Crippen LogP contribution in [0.3, 0.4) is 0 Å². The second kappa shape index (κ2) is 8.46. The van der Waals surface area contributed by atoms with E-state index in [9.17, 15) is 4.79 Å². The molecule has 1 aromatic carbocycles. The number of likely N-dealkylation sites (tertiary alicyclic amines) is 1. The molecular formula is C19H31N3O. The average Bonchev–Trinajstić information content (AvgIpc) is 3.01. The highest BCUT2D eigenvalue weighted by Crippen LogP contribution is 2.26. The highest BCUT2D eigenvalue weighted by atomic mass is 16.2. The number of carbonyl (C=O) groups excluding carboxylic acids is 1. The first-order valence-corrected chi connectivity index (χ1v) is 8.79. The van der Waals surface area contributed by atoms with E-state index < -0.39 is 0 Å². The van der Waals surface area contributed by atoms with Crippen molar-refractivity contribution in [3.63, 3.8) is 0 Å². The molecule has 0 spiro atoms. The van der Waals surface area contributed by atoms with E-state index in [1.165, 1.54) is 5.56 Å². The summed E-state index contributed by atoms with van der Waals surface area (Å²) in [4.78, 5) is 14.5. The smallest absolute Gasteiger partial charge is 0.236 e. The van der Waals surface area contributed by atoms with E-state index in [4.69, 9.17) is 5.73 Å². The van der Waals surface area contributed by atoms with Crippen molar-refractivity contribution < 1.29 is 4.79 Å². The molecule has 0 radical (unpaired) electrons. The first-order valence-electron chi connectivity index (χ1n) is 8.79. The Bertz CT molecular complexity index is 489. The largest absolute Gasteiger partial charge is 0.354 e. The summed E-state index contributed by atoms with van der Waals surface area (Å²) in [7, 11) is 0. The van der Waals surface area contributed by atoms with E-state index in [-0.39, 0.29) is 11.9 Å². The number of hydrogen-bond acceptors (Lipinski definition) is 3. The first kappa shape index (κ1) is 18.0. The fourth-order valence-electron chi connectivity index (χ4n) is 3.31. The molecule has 4 heteroatoms. The van der Waals surface area contributed by atoms with Gasteiger partial charge >= 0.3 is 0 Å². The second-order valence-corrected chi connectivity index (χ2v) is 7.22.